The summed E-state index contributed by atoms with van der Waals surface area (Å²) in [6.07, 6.45) is 9.02. The number of amides is 2. The van der Waals surface area contributed by atoms with Crippen LogP contribution in [-0.2, 0) is 17.6 Å². The Labute approximate surface area is 240 Å². The van der Waals surface area contributed by atoms with Crippen molar-refractivity contribution in [2.75, 3.05) is 16.8 Å². The van der Waals surface area contributed by atoms with Crippen LogP contribution in [0.3, 0.4) is 0 Å². The Morgan fingerprint density at radius 3 is 2.00 bits per heavy atom. The standard InChI is InChI=1S/C35H45N3O2/c1-26(2)37(27(3)4)24-14-8-6-5-7-9-15-28-20-22-29(23-21-28)25-34(39)38-32-18-12-10-16-30(32)35(40)36-31-17-11-13-19-33(31)38/h10-13,16-23,26-27H,5-9,14-15,24-25H2,1-4H3,(H,36,40). The van der Waals surface area contributed by atoms with E-state index in [1.54, 1.807) is 11.0 Å². The molecule has 1 heterocycles. The van der Waals surface area contributed by atoms with Gasteiger partial charge in [-0.15, -0.1) is 0 Å². The summed E-state index contributed by atoms with van der Waals surface area (Å²) in [5.74, 6) is -0.263. The molecule has 5 heteroatoms. The highest BCUT2D eigenvalue weighted by atomic mass is 16.2. The smallest absolute Gasteiger partial charge is 0.257 e. The normalized spacial score (nSPS) is 12.9. The zero-order valence-corrected chi connectivity index (χ0v) is 24.7. The molecule has 0 fully saturated rings. The summed E-state index contributed by atoms with van der Waals surface area (Å²) in [5.41, 5.74) is 4.74. The predicted molar refractivity (Wildman–Crippen MR) is 167 cm³/mol. The number of rotatable bonds is 13. The monoisotopic (exact) mass is 539 g/mol. The molecule has 0 unspecified atom stereocenters. The third kappa shape index (κ3) is 7.60. The second-order valence-corrected chi connectivity index (χ2v) is 11.5. The second-order valence-electron chi connectivity index (χ2n) is 11.5. The fourth-order valence-electron chi connectivity index (χ4n) is 5.74. The molecule has 40 heavy (non-hydrogen) atoms. The zero-order chi connectivity index (χ0) is 28.5. The number of hydrogen-bond donors (Lipinski definition) is 1. The SMILES string of the molecule is CC(C)N(CCCCCCCCc1ccc(CC(=O)N2c3ccccc3NC(=O)c3ccccc32)cc1)C(C)C. The van der Waals surface area contributed by atoms with E-state index in [2.05, 4.69) is 62.2 Å². The van der Waals surface area contributed by atoms with Crippen LogP contribution in [0.2, 0.25) is 0 Å². The minimum absolute atomic E-state index is 0.0611. The van der Waals surface area contributed by atoms with Crippen LogP contribution in [-0.4, -0.2) is 35.3 Å². The fraction of sp³-hybridized carbons (Fsp3) is 0.429. The van der Waals surface area contributed by atoms with Crippen molar-refractivity contribution in [3.8, 4) is 0 Å². The van der Waals surface area contributed by atoms with Crippen LogP contribution in [0.15, 0.2) is 72.8 Å². The van der Waals surface area contributed by atoms with Gasteiger partial charge in [-0.3, -0.25) is 19.4 Å². The van der Waals surface area contributed by atoms with E-state index >= 15 is 0 Å². The number of nitrogens with zero attached hydrogens (tertiary/aromatic N) is 2. The molecule has 0 bridgehead atoms. The van der Waals surface area contributed by atoms with Crippen molar-refractivity contribution in [2.45, 2.75) is 91.1 Å². The van der Waals surface area contributed by atoms with Gasteiger partial charge in [0.15, 0.2) is 0 Å². The van der Waals surface area contributed by atoms with Crippen molar-refractivity contribution in [3.05, 3.63) is 89.5 Å². The van der Waals surface area contributed by atoms with Gasteiger partial charge in [0.1, 0.15) is 0 Å². The Hall–Kier alpha value is -3.44. The topological polar surface area (TPSA) is 52.7 Å². The van der Waals surface area contributed by atoms with Crippen LogP contribution >= 0.6 is 0 Å². The van der Waals surface area contributed by atoms with E-state index in [1.165, 1.54) is 50.6 Å². The first-order valence-corrected chi connectivity index (χ1v) is 15.0. The van der Waals surface area contributed by atoms with Crippen LogP contribution in [0.5, 0.6) is 0 Å². The maximum absolute atomic E-state index is 13.6. The maximum atomic E-state index is 13.6. The Kier molecular flexibility index (Phi) is 10.5. The Morgan fingerprint density at radius 1 is 0.725 bits per heavy atom. The van der Waals surface area contributed by atoms with Crippen LogP contribution in [0.1, 0.15) is 87.7 Å². The molecule has 3 aromatic carbocycles. The van der Waals surface area contributed by atoms with Gasteiger partial charge in [0, 0.05) is 12.1 Å². The third-order valence-electron chi connectivity index (χ3n) is 7.87. The lowest BCUT2D eigenvalue weighted by atomic mass is 10.0. The lowest BCUT2D eigenvalue weighted by Gasteiger charge is -2.30. The molecular weight excluding hydrogens is 494 g/mol. The molecule has 4 rings (SSSR count). The number of carbonyl (C=O) groups is 2. The first-order valence-electron chi connectivity index (χ1n) is 15.0. The van der Waals surface area contributed by atoms with Crippen molar-refractivity contribution in [3.63, 3.8) is 0 Å². The number of hydrogen-bond acceptors (Lipinski definition) is 3. The number of para-hydroxylation sites is 3. The van der Waals surface area contributed by atoms with Crippen LogP contribution < -0.4 is 10.2 Å². The van der Waals surface area contributed by atoms with E-state index in [0.29, 0.717) is 34.7 Å². The summed E-state index contributed by atoms with van der Waals surface area (Å²) < 4.78 is 0. The van der Waals surface area contributed by atoms with Gasteiger partial charge >= 0.3 is 0 Å². The highest BCUT2D eigenvalue weighted by molar-refractivity contribution is 6.17. The first kappa shape index (κ1) is 29.5. The average molecular weight is 540 g/mol. The van der Waals surface area contributed by atoms with E-state index in [0.717, 1.165) is 12.0 Å². The van der Waals surface area contributed by atoms with E-state index in [1.807, 2.05) is 42.5 Å². The molecule has 3 aromatic rings. The van der Waals surface area contributed by atoms with E-state index in [-0.39, 0.29) is 18.2 Å². The first-order chi connectivity index (χ1) is 19.3. The van der Waals surface area contributed by atoms with Gasteiger partial charge in [-0.05, 0) is 88.9 Å². The number of benzene rings is 3. The number of anilines is 3. The van der Waals surface area contributed by atoms with Gasteiger partial charge < -0.3 is 5.32 Å². The summed E-state index contributed by atoms with van der Waals surface area (Å²) in [4.78, 5) is 30.7. The second kappa shape index (κ2) is 14.3. The van der Waals surface area contributed by atoms with Crippen LogP contribution in [0, 0.1) is 0 Å². The molecule has 0 saturated heterocycles. The molecule has 0 radical (unpaired) electrons. The molecule has 1 N–H and O–H groups in total. The number of unbranched alkanes of at least 4 members (excludes halogenated alkanes) is 5. The van der Waals surface area contributed by atoms with E-state index in [4.69, 9.17) is 0 Å². The van der Waals surface area contributed by atoms with Crippen molar-refractivity contribution in [1.29, 1.82) is 0 Å². The largest absolute Gasteiger partial charge is 0.320 e. The minimum atomic E-state index is -0.202. The van der Waals surface area contributed by atoms with Crippen molar-refractivity contribution in [2.24, 2.45) is 0 Å². The molecule has 0 aromatic heterocycles. The average Bonchev–Trinajstić information content (AvgIpc) is 3.06. The van der Waals surface area contributed by atoms with Crippen molar-refractivity contribution in [1.82, 2.24) is 4.90 Å². The molecule has 5 nitrogen and oxygen atoms in total. The Bertz CT molecular complexity index is 1260. The number of nitrogens with one attached hydrogen (secondary N) is 1. The van der Waals surface area contributed by atoms with Crippen molar-refractivity contribution < 1.29 is 9.59 Å². The molecule has 1 aliphatic heterocycles. The number of fused-ring (bicyclic) bond motifs is 2. The fourth-order valence-corrected chi connectivity index (χ4v) is 5.74. The lowest BCUT2D eigenvalue weighted by molar-refractivity contribution is -0.117. The molecular formula is C35H45N3O2. The van der Waals surface area contributed by atoms with Gasteiger partial charge in [-0.2, -0.15) is 0 Å². The number of carbonyl (C=O) groups excluding carboxylic acids is 2. The van der Waals surface area contributed by atoms with E-state index in [9.17, 15) is 9.59 Å². The van der Waals surface area contributed by atoms with Gasteiger partial charge in [-0.1, -0.05) is 74.2 Å². The molecule has 0 aliphatic carbocycles. The van der Waals surface area contributed by atoms with Gasteiger partial charge in [0.2, 0.25) is 5.91 Å². The summed E-state index contributed by atoms with van der Waals surface area (Å²) in [7, 11) is 0. The highest BCUT2D eigenvalue weighted by Crippen LogP contribution is 2.38. The Balaban J connectivity index is 1.26. The van der Waals surface area contributed by atoms with Gasteiger partial charge in [0.25, 0.3) is 5.91 Å². The summed E-state index contributed by atoms with van der Waals surface area (Å²) in [6.45, 7) is 10.4. The third-order valence-corrected chi connectivity index (χ3v) is 7.87. The summed E-state index contributed by atoms with van der Waals surface area (Å²) in [6, 6.07) is 24.5. The molecule has 0 saturated carbocycles. The zero-order valence-electron chi connectivity index (χ0n) is 24.7. The molecule has 0 spiro atoms. The maximum Gasteiger partial charge on any atom is 0.257 e. The summed E-state index contributed by atoms with van der Waals surface area (Å²) in [5, 5.41) is 2.95. The van der Waals surface area contributed by atoms with Crippen LogP contribution in [0.25, 0.3) is 0 Å². The molecule has 212 valence electrons. The number of aryl methyl sites for hydroxylation is 1. The minimum Gasteiger partial charge on any atom is -0.320 e. The van der Waals surface area contributed by atoms with Crippen LogP contribution in [0.4, 0.5) is 17.1 Å². The van der Waals surface area contributed by atoms with Gasteiger partial charge in [-0.25, -0.2) is 0 Å². The molecule has 1 aliphatic rings. The van der Waals surface area contributed by atoms with Gasteiger partial charge in [0.05, 0.1) is 29.0 Å². The van der Waals surface area contributed by atoms with Crippen molar-refractivity contribution >= 4 is 28.9 Å². The summed E-state index contributed by atoms with van der Waals surface area (Å²) >= 11 is 0. The quantitative estimate of drug-likeness (QED) is 0.223. The Morgan fingerprint density at radius 2 is 1.30 bits per heavy atom. The molecule has 0 atom stereocenters. The van der Waals surface area contributed by atoms with E-state index < -0.39 is 0 Å². The molecule has 2 amide bonds. The predicted octanol–water partition coefficient (Wildman–Crippen LogP) is 8.16. The lowest BCUT2D eigenvalue weighted by Crippen LogP contribution is -2.37. The highest BCUT2D eigenvalue weighted by Gasteiger charge is 2.28.